The van der Waals surface area contributed by atoms with E-state index in [2.05, 4.69) is 10.1 Å². The summed E-state index contributed by atoms with van der Waals surface area (Å²) in [6, 6.07) is 0.784. The molecule has 0 spiro atoms. The lowest BCUT2D eigenvalue weighted by atomic mass is 10.1. The van der Waals surface area contributed by atoms with Gasteiger partial charge in [-0.15, -0.1) is 0 Å². The predicted octanol–water partition coefficient (Wildman–Crippen LogP) is 0.0744. The Morgan fingerprint density at radius 1 is 1.44 bits per heavy atom. The fraction of sp³-hybridized carbons (Fsp3) is 0.600. The number of methoxy groups -OCH3 is 1. The minimum absolute atomic E-state index is 0.0332. The van der Waals surface area contributed by atoms with Gasteiger partial charge in [-0.05, 0) is 12.8 Å². The number of carbonyl (C=O) groups excluding carboxylic acids is 2. The second-order valence-electron chi connectivity index (χ2n) is 5.75. The molecule has 0 radical (unpaired) electrons. The van der Waals surface area contributed by atoms with Gasteiger partial charge in [-0.25, -0.2) is 13.2 Å². The quantitative estimate of drug-likeness (QED) is 0.647. The van der Waals surface area contributed by atoms with Gasteiger partial charge in [-0.3, -0.25) is 4.79 Å². The normalized spacial score (nSPS) is 18.7. The largest absolute Gasteiger partial charge is 0.465 e. The van der Waals surface area contributed by atoms with Crippen LogP contribution in [0.3, 0.4) is 0 Å². The Kier molecular flexibility index (Phi) is 6.57. The van der Waals surface area contributed by atoms with Gasteiger partial charge in [0.15, 0.2) is 0 Å². The van der Waals surface area contributed by atoms with E-state index < -0.39 is 16.0 Å². The van der Waals surface area contributed by atoms with E-state index in [1.807, 2.05) is 0 Å². The van der Waals surface area contributed by atoms with E-state index in [1.54, 1.807) is 0 Å². The highest BCUT2D eigenvalue weighted by Crippen LogP contribution is 2.26. The average molecular weight is 373 g/mol. The summed E-state index contributed by atoms with van der Waals surface area (Å²) in [4.78, 5) is 23.1. The van der Waals surface area contributed by atoms with Crippen molar-refractivity contribution in [3.05, 3.63) is 17.9 Å². The SMILES string of the molecule is COC(=O)c1coc(S(=O)(=O)N2CCCCC2CNC(=O)CCN)c1. The van der Waals surface area contributed by atoms with Gasteiger partial charge in [-0.1, -0.05) is 6.42 Å². The minimum Gasteiger partial charge on any atom is -0.465 e. The number of furan rings is 1. The highest BCUT2D eigenvalue weighted by molar-refractivity contribution is 7.89. The summed E-state index contributed by atoms with van der Waals surface area (Å²) < 4.78 is 36.6. The number of rotatable bonds is 7. The lowest BCUT2D eigenvalue weighted by Crippen LogP contribution is -2.49. The Balaban J connectivity index is 2.15. The van der Waals surface area contributed by atoms with Crippen molar-refractivity contribution in [2.24, 2.45) is 5.73 Å². The topological polar surface area (TPSA) is 132 Å². The molecule has 1 saturated heterocycles. The summed E-state index contributed by atoms with van der Waals surface area (Å²) in [6.45, 7) is 0.776. The molecule has 0 aromatic carbocycles. The highest BCUT2D eigenvalue weighted by Gasteiger charge is 2.36. The number of sulfonamides is 1. The number of hydrogen-bond donors (Lipinski definition) is 2. The summed E-state index contributed by atoms with van der Waals surface area (Å²) in [7, 11) is -2.71. The van der Waals surface area contributed by atoms with Crippen molar-refractivity contribution in [2.75, 3.05) is 26.7 Å². The van der Waals surface area contributed by atoms with Crippen LogP contribution in [-0.2, 0) is 19.6 Å². The van der Waals surface area contributed by atoms with Crippen LogP contribution in [-0.4, -0.2) is 57.4 Å². The molecular formula is C15H23N3O6S. The third-order valence-electron chi connectivity index (χ3n) is 4.04. The molecule has 0 bridgehead atoms. The van der Waals surface area contributed by atoms with Gasteiger partial charge in [0.25, 0.3) is 10.0 Å². The number of amides is 1. The molecule has 9 nitrogen and oxygen atoms in total. The number of carbonyl (C=O) groups is 2. The Bertz CT molecular complexity index is 715. The van der Waals surface area contributed by atoms with Crippen molar-refractivity contribution in [1.82, 2.24) is 9.62 Å². The number of piperidine rings is 1. The van der Waals surface area contributed by atoms with Gasteiger partial charge in [-0.2, -0.15) is 4.31 Å². The predicted molar refractivity (Wildman–Crippen MR) is 88.3 cm³/mol. The van der Waals surface area contributed by atoms with Crippen LogP contribution in [0.25, 0.3) is 0 Å². The molecule has 0 saturated carbocycles. The van der Waals surface area contributed by atoms with E-state index >= 15 is 0 Å². The number of nitrogens with zero attached hydrogens (tertiary/aromatic N) is 1. The van der Waals surface area contributed by atoms with E-state index in [4.69, 9.17) is 10.2 Å². The van der Waals surface area contributed by atoms with Crippen molar-refractivity contribution in [1.29, 1.82) is 0 Å². The first-order valence-electron chi connectivity index (χ1n) is 8.05. The summed E-state index contributed by atoms with van der Waals surface area (Å²) in [5.74, 6) is -0.883. The van der Waals surface area contributed by atoms with Crippen LogP contribution in [0, 0.1) is 0 Å². The van der Waals surface area contributed by atoms with Crippen molar-refractivity contribution in [3.8, 4) is 0 Å². The monoisotopic (exact) mass is 373 g/mol. The third kappa shape index (κ3) is 4.59. The van der Waals surface area contributed by atoms with Gasteiger partial charge in [0.05, 0.1) is 12.7 Å². The van der Waals surface area contributed by atoms with E-state index in [0.29, 0.717) is 13.0 Å². The number of nitrogens with one attached hydrogen (secondary N) is 1. The molecule has 25 heavy (non-hydrogen) atoms. The third-order valence-corrected chi connectivity index (χ3v) is 5.86. The lowest BCUT2D eigenvalue weighted by molar-refractivity contribution is -0.121. The van der Waals surface area contributed by atoms with Crippen molar-refractivity contribution in [2.45, 2.75) is 36.8 Å². The molecule has 3 N–H and O–H groups in total. The van der Waals surface area contributed by atoms with Crippen LogP contribution in [0.15, 0.2) is 21.8 Å². The Hall–Kier alpha value is -1.91. The zero-order valence-corrected chi connectivity index (χ0v) is 14.9. The Morgan fingerprint density at radius 3 is 2.88 bits per heavy atom. The minimum atomic E-state index is -3.91. The molecule has 140 valence electrons. The molecule has 2 rings (SSSR count). The maximum absolute atomic E-state index is 12.8. The Morgan fingerprint density at radius 2 is 2.20 bits per heavy atom. The van der Waals surface area contributed by atoms with Gasteiger partial charge in [0.2, 0.25) is 11.0 Å². The molecule has 10 heteroatoms. The average Bonchev–Trinajstić information content (AvgIpc) is 3.10. The van der Waals surface area contributed by atoms with Crippen LogP contribution in [0.5, 0.6) is 0 Å². The number of ether oxygens (including phenoxy) is 1. The smallest absolute Gasteiger partial charge is 0.341 e. The van der Waals surface area contributed by atoms with Crippen molar-refractivity contribution >= 4 is 21.9 Å². The number of nitrogens with two attached hydrogens (primary N) is 1. The van der Waals surface area contributed by atoms with Gasteiger partial charge in [0, 0.05) is 38.2 Å². The highest BCUT2D eigenvalue weighted by atomic mass is 32.2. The zero-order valence-electron chi connectivity index (χ0n) is 14.1. The van der Waals surface area contributed by atoms with Crippen LogP contribution in [0.4, 0.5) is 0 Å². The molecule has 2 heterocycles. The van der Waals surface area contributed by atoms with Crippen LogP contribution in [0.1, 0.15) is 36.0 Å². The molecular weight excluding hydrogens is 350 g/mol. The van der Waals surface area contributed by atoms with Gasteiger partial charge in [0.1, 0.15) is 6.26 Å². The maximum atomic E-state index is 12.8. The summed E-state index contributed by atoms with van der Waals surface area (Å²) >= 11 is 0. The van der Waals surface area contributed by atoms with Crippen LogP contribution >= 0.6 is 0 Å². The van der Waals surface area contributed by atoms with E-state index in [9.17, 15) is 18.0 Å². The number of esters is 1. The standard InChI is InChI=1S/C15H23N3O6S/c1-23-15(20)11-8-14(24-10-11)25(21,22)18-7-3-2-4-12(18)9-17-13(19)5-6-16/h8,10,12H,2-7,9,16H2,1H3,(H,17,19). The molecule has 1 atom stereocenters. The molecule has 1 fully saturated rings. The molecule has 1 unspecified atom stereocenters. The zero-order chi connectivity index (χ0) is 18.4. The molecule has 1 aliphatic heterocycles. The molecule has 1 amide bonds. The summed E-state index contributed by atoms with van der Waals surface area (Å²) in [5, 5.41) is 2.40. The van der Waals surface area contributed by atoms with Crippen molar-refractivity contribution in [3.63, 3.8) is 0 Å². The van der Waals surface area contributed by atoms with Gasteiger partial charge >= 0.3 is 5.97 Å². The molecule has 1 aromatic rings. The first-order chi connectivity index (χ1) is 11.9. The van der Waals surface area contributed by atoms with E-state index in [1.165, 1.54) is 11.4 Å². The van der Waals surface area contributed by atoms with Crippen molar-refractivity contribution < 1.29 is 27.2 Å². The molecule has 0 aliphatic carbocycles. The Labute approximate surface area is 146 Å². The van der Waals surface area contributed by atoms with Gasteiger partial charge < -0.3 is 20.2 Å². The fourth-order valence-electron chi connectivity index (χ4n) is 2.74. The maximum Gasteiger partial charge on any atom is 0.341 e. The lowest BCUT2D eigenvalue weighted by Gasteiger charge is -2.34. The fourth-order valence-corrected chi connectivity index (χ4v) is 4.36. The second kappa shape index (κ2) is 8.45. The second-order valence-corrected chi connectivity index (χ2v) is 7.58. The van der Waals surface area contributed by atoms with Crippen LogP contribution < -0.4 is 11.1 Å². The van der Waals surface area contributed by atoms with E-state index in [-0.39, 0.29) is 42.1 Å². The number of hydrogen-bond acceptors (Lipinski definition) is 7. The molecule has 1 aliphatic rings. The first-order valence-corrected chi connectivity index (χ1v) is 9.49. The summed E-state index contributed by atoms with van der Waals surface area (Å²) in [5.41, 5.74) is 5.36. The molecule has 1 aromatic heterocycles. The first kappa shape index (κ1) is 19.4. The summed E-state index contributed by atoms with van der Waals surface area (Å²) in [6.07, 6.45) is 3.47. The van der Waals surface area contributed by atoms with Crippen LogP contribution in [0.2, 0.25) is 0 Å². The van der Waals surface area contributed by atoms with E-state index in [0.717, 1.165) is 25.2 Å².